The van der Waals surface area contributed by atoms with Gasteiger partial charge in [0, 0.05) is 10.4 Å². The molecule has 0 radical (unpaired) electrons. The molecule has 6 nitrogen and oxygen atoms in total. The van der Waals surface area contributed by atoms with Gasteiger partial charge in [0.25, 0.3) is 5.91 Å². The van der Waals surface area contributed by atoms with Gasteiger partial charge < -0.3 is 18.8 Å². The lowest BCUT2D eigenvalue weighted by Gasteiger charge is -2.35. The van der Waals surface area contributed by atoms with Crippen molar-refractivity contribution in [3.05, 3.63) is 64.4 Å². The minimum atomic E-state index is -0.0964. The average Bonchev–Trinajstić information content (AvgIpc) is 3.37. The van der Waals surface area contributed by atoms with Crippen LogP contribution in [0.2, 0.25) is 0 Å². The van der Waals surface area contributed by atoms with Crippen LogP contribution in [0.1, 0.15) is 26.6 Å². The molecule has 2 atom stereocenters. The van der Waals surface area contributed by atoms with Crippen molar-refractivity contribution >= 4 is 22.2 Å². The first kappa shape index (κ1) is 18.3. The first-order valence-corrected chi connectivity index (χ1v) is 10.6. The van der Waals surface area contributed by atoms with E-state index in [0.29, 0.717) is 19.0 Å². The van der Waals surface area contributed by atoms with Gasteiger partial charge in [0.15, 0.2) is 30.0 Å². The van der Waals surface area contributed by atoms with Crippen LogP contribution >= 0.6 is 11.3 Å². The normalized spacial score (nSPS) is 20.4. The number of para-hydroxylation sites is 2. The molecule has 0 fully saturated rings. The Kier molecular flexibility index (Phi) is 4.56. The lowest BCUT2D eigenvalue weighted by atomic mass is 10.1. The van der Waals surface area contributed by atoms with E-state index >= 15 is 0 Å². The Hall–Kier alpha value is -2.77. The Morgan fingerprint density at radius 2 is 2.03 bits per heavy atom. The SMILES string of the molecule is Cc1sc2c(c1C)C[NH+](C[C@@H]1COc3ccccc3O1)CN2C(=O)c1ccco1. The Balaban J connectivity index is 1.39. The highest BCUT2D eigenvalue weighted by Crippen LogP contribution is 2.37. The number of furan rings is 1. The van der Waals surface area contributed by atoms with E-state index in [4.69, 9.17) is 13.9 Å². The Labute approximate surface area is 173 Å². The average molecular weight is 412 g/mol. The number of aryl methyl sites for hydroxylation is 1. The second-order valence-corrected chi connectivity index (χ2v) is 8.77. The lowest BCUT2D eigenvalue weighted by molar-refractivity contribution is -0.917. The Bertz CT molecular complexity index is 1040. The van der Waals surface area contributed by atoms with Gasteiger partial charge in [0.05, 0.1) is 6.26 Å². The van der Waals surface area contributed by atoms with Crippen molar-refractivity contribution in [1.29, 1.82) is 0 Å². The fraction of sp³-hybridized carbons (Fsp3) is 0.318. The molecule has 3 aromatic rings. The molecule has 7 heteroatoms. The number of nitrogens with zero attached hydrogens (tertiary/aromatic N) is 1. The topological polar surface area (TPSA) is 56.4 Å². The van der Waals surface area contributed by atoms with Crippen LogP contribution in [-0.2, 0) is 6.54 Å². The summed E-state index contributed by atoms with van der Waals surface area (Å²) in [5.41, 5.74) is 2.51. The molecule has 5 rings (SSSR count). The molecule has 4 heterocycles. The summed E-state index contributed by atoms with van der Waals surface area (Å²) in [5, 5.41) is 1.04. The summed E-state index contributed by atoms with van der Waals surface area (Å²) in [4.78, 5) is 17.5. The maximum absolute atomic E-state index is 13.1. The minimum absolute atomic E-state index is 0.0537. The number of hydrogen-bond acceptors (Lipinski definition) is 5. The highest BCUT2D eigenvalue weighted by molar-refractivity contribution is 7.16. The van der Waals surface area contributed by atoms with Gasteiger partial charge in [-0.1, -0.05) is 12.1 Å². The van der Waals surface area contributed by atoms with Crippen molar-refractivity contribution < 1.29 is 23.6 Å². The standard InChI is InChI=1S/C22H22N2O4S/c1-14-15(2)29-22-17(14)11-23(13-24(22)21(25)20-8-5-9-26-20)10-16-12-27-18-6-3-4-7-19(18)28-16/h3-9,16H,10-13H2,1-2H3/p+1/t16-/m1/s1. The molecule has 2 aliphatic rings. The number of rotatable bonds is 3. The molecule has 1 aromatic carbocycles. The third kappa shape index (κ3) is 3.30. The van der Waals surface area contributed by atoms with Crippen molar-refractivity contribution in [3.8, 4) is 11.5 Å². The number of anilines is 1. The monoisotopic (exact) mass is 411 g/mol. The molecule has 2 aliphatic heterocycles. The van der Waals surface area contributed by atoms with Crippen molar-refractivity contribution in [2.24, 2.45) is 0 Å². The molecule has 0 saturated carbocycles. The number of thiophene rings is 1. The predicted octanol–water partition coefficient (Wildman–Crippen LogP) is 2.80. The number of carbonyl (C=O) groups excluding carboxylic acids is 1. The van der Waals surface area contributed by atoms with Crippen molar-refractivity contribution in [1.82, 2.24) is 0 Å². The zero-order chi connectivity index (χ0) is 20.0. The molecule has 0 saturated heterocycles. The third-order valence-electron chi connectivity index (χ3n) is 5.60. The zero-order valence-corrected chi connectivity index (χ0v) is 17.3. The van der Waals surface area contributed by atoms with E-state index in [0.717, 1.165) is 29.6 Å². The van der Waals surface area contributed by atoms with Crippen LogP contribution in [0.15, 0.2) is 47.1 Å². The quantitative estimate of drug-likeness (QED) is 0.720. The van der Waals surface area contributed by atoms with Crippen molar-refractivity contribution in [2.45, 2.75) is 26.5 Å². The van der Waals surface area contributed by atoms with E-state index < -0.39 is 0 Å². The Morgan fingerprint density at radius 3 is 2.83 bits per heavy atom. The largest absolute Gasteiger partial charge is 0.486 e. The first-order valence-electron chi connectivity index (χ1n) is 9.76. The summed E-state index contributed by atoms with van der Waals surface area (Å²) in [5.74, 6) is 1.85. The number of fused-ring (bicyclic) bond motifs is 2. The van der Waals surface area contributed by atoms with Gasteiger partial charge in [-0.15, -0.1) is 11.3 Å². The van der Waals surface area contributed by atoms with Crippen LogP contribution in [0.4, 0.5) is 5.00 Å². The van der Waals surface area contributed by atoms with Crippen LogP contribution in [-0.4, -0.2) is 31.8 Å². The van der Waals surface area contributed by atoms with Gasteiger partial charge in [-0.2, -0.15) is 0 Å². The molecular formula is C22H23N2O4S+. The molecule has 0 aliphatic carbocycles. The first-order chi connectivity index (χ1) is 14.1. The smallest absolute Gasteiger partial charge is 0.298 e. The van der Waals surface area contributed by atoms with Crippen LogP contribution in [0, 0.1) is 13.8 Å². The molecule has 1 amide bonds. The fourth-order valence-corrected chi connectivity index (χ4v) is 5.18. The van der Waals surface area contributed by atoms with Crippen LogP contribution in [0.3, 0.4) is 0 Å². The lowest BCUT2D eigenvalue weighted by Crippen LogP contribution is -3.14. The fourth-order valence-electron chi connectivity index (χ4n) is 4.00. The van der Waals surface area contributed by atoms with Crippen LogP contribution < -0.4 is 19.3 Å². The number of carbonyl (C=O) groups is 1. The van der Waals surface area contributed by atoms with E-state index in [9.17, 15) is 4.79 Å². The molecule has 1 N–H and O–H groups in total. The number of hydrogen-bond donors (Lipinski definition) is 1. The van der Waals surface area contributed by atoms with Crippen LogP contribution in [0.5, 0.6) is 11.5 Å². The van der Waals surface area contributed by atoms with Crippen molar-refractivity contribution in [3.63, 3.8) is 0 Å². The van der Waals surface area contributed by atoms with Gasteiger partial charge in [-0.3, -0.25) is 4.79 Å². The molecule has 2 aromatic heterocycles. The predicted molar refractivity (Wildman–Crippen MR) is 110 cm³/mol. The van der Waals surface area contributed by atoms with Crippen LogP contribution in [0.25, 0.3) is 0 Å². The number of nitrogens with one attached hydrogen (secondary N) is 1. The van der Waals surface area contributed by atoms with Gasteiger partial charge in [-0.05, 0) is 43.7 Å². The molecule has 0 spiro atoms. The number of ether oxygens (including phenoxy) is 2. The van der Waals surface area contributed by atoms with E-state index in [1.165, 1.54) is 27.2 Å². The second kappa shape index (κ2) is 7.24. The van der Waals surface area contributed by atoms with Crippen molar-refractivity contribution in [2.75, 3.05) is 24.7 Å². The van der Waals surface area contributed by atoms with E-state index in [2.05, 4.69) is 13.8 Å². The highest BCUT2D eigenvalue weighted by atomic mass is 32.1. The maximum atomic E-state index is 13.1. The summed E-state index contributed by atoms with van der Waals surface area (Å²) in [6.07, 6.45) is 1.49. The number of amides is 1. The summed E-state index contributed by atoms with van der Waals surface area (Å²) in [7, 11) is 0. The molecule has 150 valence electrons. The zero-order valence-electron chi connectivity index (χ0n) is 16.4. The van der Waals surface area contributed by atoms with Gasteiger partial charge in [-0.25, -0.2) is 4.90 Å². The number of quaternary nitrogens is 1. The summed E-state index contributed by atoms with van der Waals surface area (Å²) in [6, 6.07) is 11.2. The molecule has 0 bridgehead atoms. The molecule has 1 unspecified atom stereocenters. The van der Waals surface area contributed by atoms with Gasteiger partial charge >= 0.3 is 0 Å². The second-order valence-electron chi connectivity index (χ2n) is 7.56. The summed E-state index contributed by atoms with van der Waals surface area (Å²) < 4.78 is 17.4. The highest BCUT2D eigenvalue weighted by Gasteiger charge is 2.36. The third-order valence-corrected chi connectivity index (χ3v) is 6.88. The molecular weight excluding hydrogens is 388 g/mol. The van der Waals surface area contributed by atoms with E-state index in [1.807, 2.05) is 29.2 Å². The summed E-state index contributed by atoms with van der Waals surface area (Å²) >= 11 is 1.68. The molecule has 29 heavy (non-hydrogen) atoms. The van der Waals surface area contributed by atoms with E-state index in [-0.39, 0.29) is 12.0 Å². The van der Waals surface area contributed by atoms with E-state index in [1.54, 1.807) is 23.5 Å². The van der Waals surface area contributed by atoms with Gasteiger partial charge in [0.1, 0.15) is 24.7 Å². The van der Waals surface area contributed by atoms with Gasteiger partial charge in [0.2, 0.25) is 0 Å². The maximum Gasteiger partial charge on any atom is 0.298 e. The summed E-state index contributed by atoms with van der Waals surface area (Å²) in [6.45, 7) is 6.97. The Morgan fingerprint density at radius 1 is 1.21 bits per heavy atom. The minimum Gasteiger partial charge on any atom is -0.486 e. The number of benzene rings is 1.